The average Bonchev–Trinajstić information content (AvgIpc) is 2.56. The second-order valence-corrected chi connectivity index (χ2v) is 5.75. The molecule has 1 aromatic rings. The predicted molar refractivity (Wildman–Crippen MR) is 86.9 cm³/mol. The minimum Gasteiger partial charge on any atom is -0.478 e. The van der Waals surface area contributed by atoms with Gasteiger partial charge in [0.2, 0.25) is 0 Å². The van der Waals surface area contributed by atoms with Gasteiger partial charge >= 0.3 is 12.1 Å². The van der Waals surface area contributed by atoms with Crippen molar-refractivity contribution in [1.29, 1.82) is 0 Å². The maximum absolute atomic E-state index is 13.5. The number of rotatable bonds is 7. The Kier molecular flexibility index (Phi) is 6.12. The molecule has 0 fully saturated rings. The Morgan fingerprint density at radius 1 is 1.32 bits per heavy atom. The van der Waals surface area contributed by atoms with Gasteiger partial charge in [-0.05, 0) is 31.1 Å². The number of benzene rings is 1. The first-order valence-corrected chi connectivity index (χ1v) is 8.04. The first-order valence-electron chi connectivity index (χ1n) is 8.04. The molecule has 136 valence electrons. The SMILES string of the molecule is CCCCNC1=C(Oc2ccccc2)C(C(F)(F)F)CC(C(=O)O)=C1. The molecule has 0 aliphatic heterocycles. The molecule has 1 aliphatic carbocycles. The highest BCUT2D eigenvalue weighted by atomic mass is 19.4. The van der Waals surface area contributed by atoms with Crippen LogP contribution in [0.1, 0.15) is 26.2 Å². The number of hydrogen-bond acceptors (Lipinski definition) is 3. The van der Waals surface area contributed by atoms with Crippen molar-refractivity contribution >= 4 is 5.97 Å². The number of nitrogens with one attached hydrogen (secondary N) is 1. The van der Waals surface area contributed by atoms with E-state index < -0.39 is 24.5 Å². The normalized spacial score (nSPS) is 17.9. The van der Waals surface area contributed by atoms with Crippen LogP contribution < -0.4 is 10.1 Å². The lowest BCUT2D eigenvalue weighted by Crippen LogP contribution is -2.34. The third kappa shape index (κ3) is 5.01. The monoisotopic (exact) mass is 355 g/mol. The molecule has 1 aliphatic rings. The van der Waals surface area contributed by atoms with Gasteiger partial charge < -0.3 is 15.2 Å². The second-order valence-electron chi connectivity index (χ2n) is 5.75. The van der Waals surface area contributed by atoms with Gasteiger partial charge in [-0.2, -0.15) is 13.2 Å². The molecule has 2 N–H and O–H groups in total. The van der Waals surface area contributed by atoms with Crippen LogP contribution in [0.3, 0.4) is 0 Å². The average molecular weight is 355 g/mol. The molecule has 1 atom stereocenters. The fraction of sp³-hybridized carbons (Fsp3) is 0.389. The Balaban J connectivity index is 2.45. The lowest BCUT2D eigenvalue weighted by molar-refractivity contribution is -0.171. The molecule has 0 spiro atoms. The molecule has 0 saturated carbocycles. The summed E-state index contributed by atoms with van der Waals surface area (Å²) in [6.07, 6.45) is -2.43. The van der Waals surface area contributed by atoms with E-state index in [1.54, 1.807) is 30.3 Å². The van der Waals surface area contributed by atoms with Crippen molar-refractivity contribution in [3.8, 4) is 5.75 Å². The molecule has 0 amide bonds. The van der Waals surface area contributed by atoms with E-state index in [2.05, 4.69) is 5.32 Å². The van der Waals surface area contributed by atoms with E-state index in [4.69, 9.17) is 9.84 Å². The van der Waals surface area contributed by atoms with Crippen molar-refractivity contribution in [3.05, 3.63) is 53.4 Å². The summed E-state index contributed by atoms with van der Waals surface area (Å²) < 4.78 is 46.1. The molecule has 0 aromatic heterocycles. The van der Waals surface area contributed by atoms with Gasteiger partial charge in [0, 0.05) is 12.1 Å². The van der Waals surface area contributed by atoms with E-state index in [-0.39, 0.29) is 22.8 Å². The highest BCUT2D eigenvalue weighted by molar-refractivity contribution is 5.87. The smallest absolute Gasteiger partial charge is 0.399 e. The fourth-order valence-electron chi connectivity index (χ4n) is 2.50. The van der Waals surface area contributed by atoms with Gasteiger partial charge in [0.1, 0.15) is 17.4 Å². The number of allylic oxidation sites excluding steroid dienone is 2. The number of aliphatic carboxylic acids is 1. The summed E-state index contributed by atoms with van der Waals surface area (Å²) >= 11 is 0. The predicted octanol–water partition coefficient (Wildman–Crippen LogP) is 4.26. The molecule has 7 heteroatoms. The van der Waals surface area contributed by atoms with Crippen LogP contribution >= 0.6 is 0 Å². The molecule has 4 nitrogen and oxygen atoms in total. The topological polar surface area (TPSA) is 58.6 Å². The van der Waals surface area contributed by atoms with Crippen LogP contribution in [-0.4, -0.2) is 23.8 Å². The van der Waals surface area contributed by atoms with Gasteiger partial charge in [-0.1, -0.05) is 31.5 Å². The standard InChI is InChI=1S/C18H20F3NO3/c1-2-3-9-22-15-11-12(17(23)24)10-14(18(19,20)21)16(15)25-13-7-5-4-6-8-13/h4-8,11,14,22H,2-3,9-10H2,1H3,(H,23,24). The Hall–Kier alpha value is -2.44. The molecule has 2 rings (SSSR count). The number of para-hydroxylation sites is 1. The summed E-state index contributed by atoms with van der Waals surface area (Å²) in [6.45, 7) is 2.39. The van der Waals surface area contributed by atoms with Crippen LogP contribution in [0.2, 0.25) is 0 Å². The molecular weight excluding hydrogens is 335 g/mol. The lowest BCUT2D eigenvalue weighted by Gasteiger charge is -2.29. The van der Waals surface area contributed by atoms with Crippen molar-refractivity contribution in [2.75, 3.05) is 6.54 Å². The second kappa shape index (κ2) is 8.09. The number of halogens is 3. The van der Waals surface area contributed by atoms with Crippen molar-refractivity contribution in [2.45, 2.75) is 32.4 Å². The molecule has 0 heterocycles. The van der Waals surface area contributed by atoms with E-state index in [9.17, 15) is 18.0 Å². The van der Waals surface area contributed by atoms with Gasteiger partial charge in [-0.15, -0.1) is 0 Å². The first kappa shape index (κ1) is 18.9. The number of unbranched alkanes of at least 4 members (excludes halogenated alkanes) is 1. The van der Waals surface area contributed by atoms with E-state index in [1.807, 2.05) is 6.92 Å². The van der Waals surface area contributed by atoms with E-state index in [1.165, 1.54) is 6.08 Å². The third-order valence-electron chi connectivity index (χ3n) is 3.81. The maximum Gasteiger partial charge on any atom is 0.399 e. The van der Waals surface area contributed by atoms with Gasteiger partial charge in [0.15, 0.2) is 0 Å². The zero-order valence-electron chi connectivity index (χ0n) is 13.8. The third-order valence-corrected chi connectivity index (χ3v) is 3.81. The molecule has 0 radical (unpaired) electrons. The summed E-state index contributed by atoms with van der Waals surface area (Å²) in [5.41, 5.74) is -0.218. The Morgan fingerprint density at radius 2 is 2.00 bits per heavy atom. The quantitative estimate of drug-likeness (QED) is 0.718. The van der Waals surface area contributed by atoms with Gasteiger partial charge in [0.25, 0.3) is 0 Å². The Morgan fingerprint density at radius 3 is 2.56 bits per heavy atom. The summed E-state index contributed by atoms with van der Waals surface area (Å²) in [7, 11) is 0. The lowest BCUT2D eigenvalue weighted by atomic mass is 9.90. The summed E-state index contributed by atoms with van der Waals surface area (Å²) in [4.78, 5) is 11.2. The van der Waals surface area contributed by atoms with Crippen molar-refractivity contribution < 1.29 is 27.8 Å². The van der Waals surface area contributed by atoms with Crippen LogP contribution in [0.5, 0.6) is 5.75 Å². The molecule has 25 heavy (non-hydrogen) atoms. The van der Waals surface area contributed by atoms with Crippen molar-refractivity contribution in [2.24, 2.45) is 5.92 Å². The number of ether oxygens (including phenoxy) is 1. The van der Waals surface area contributed by atoms with Crippen molar-refractivity contribution in [3.63, 3.8) is 0 Å². The summed E-state index contributed by atoms with van der Waals surface area (Å²) in [5.74, 6) is -3.38. The van der Waals surface area contributed by atoms with Crippen LogP contribution in [0.4, 0.5) is 13.2 Å². The minimum absolute atomic E-state index is 0.0725. The summed E-state index contributed by atoms with van der Waals surface area (Å²) in [5, 5.41) is 12.1. The van der Waals surface area contributed by atoms with Crippen LogP contribution in [0.25, 0.3) is 0 Å². The first-order chi connectivity index (χ1) is 11.8. The molecule has 0 saturated heterocycles. The van der Waals surface area contributed by atoms with Crippen LogP contribution in [-0.2, 0) is 4.79 Å². The summed E-state index contributed by atoms with van der Waals surface area (Å²) in [6, 6.07) is 8.15. The highest BCUT2D eigenvalue weighted by Crippen LogP contribution is 2.41. The Bertz CT molecular complexity index is 666. The number of hydrogen-bond donors (Lipinski definition) is 2. The Labute approximate surface area is 144 Å². The minimum atomic E-state index is -4.61. The zero-order chi connectivity index (χ0) is 18.4. The molecule has 1 aromatic carbocycles. The maximum atomic E-state index is 13.5. The van der Waals surface area contributed by atoms with Crippen LogP contribution in [0.15, 0.2) is 53.4 Å². The van der Waals surface area contributed by atoms with Crippen LogP contribution in [0, 0.1) is 5.92 Å². The molecule has 1 unspecified atom stereocenters. The fourth-order valence-corrected chi connectivity index (χ4v) is 2.50. The van der Waals surface area contributed by atoms with E-state index in [0.29, 0.717) is 6.54 Å². The number of alkyl halides is 3. The largest absolute Gasteiger partial charge is 0.478 e. The zero-order valence-corrected chi connectivity index (χ0v) is 13.8. The molecular formula is C18H20F3NO3. The number of carboxylic acids is 1. The van der Waals surface area contributed by atoms with Gasteiger partial charge in [0.05, 0.1) is 5.70 Å². The van der Waals surface area contributed by atoms with Gasteiger partial charge in [-0.3, -0.25) is 0 Å². The molecule has 0 bridgehead atoms. The van der Waals surface area contributed by atoms with E-state index >= 15 is 0 Å². The van der Waals surface area contributed by atoms with Crippen molar-refractivity contribution in [1.82, 2.24) is 5.32 Å². The number of carbonyl (C=O) groups is 1. The van der Waals surface area contributed by atoms with Gasteiger partial charge in [-0.25, -0.2) is 4.79 Å². The highest BCUT2D eigenvalue weighted by Gasteiger charge is 2.47. The van der Waals surface area contributed by atoms with E-state index in [0.717, 1.165) is 12.8 Å². The number of carboxylic acid groups (broad SMARTS) is 1.